The second kappa shape index (κ2) is 10.2. The molecule has 3 fully saturated rings. The van der Waals surface area contributed by atoms with E-state index in [1.165, 1.54) is 12.1 Å². The van der Waals surface area contributed by atoms with Gasteiger partial charge in [-0.05, 0) is 69.6 Å². The minimum atomic E-state index is -4.63. The smallest absolute Gasteiger partial charge is 0.418 e. The lowest BCUT2D eigenvalue weighted by molar-refractivity contribution is -0.139. The highest BCUT2D eigenvalue weighted by atomic mass is 19.4. The average molecular weight is 498 g/mol. The summed E-state index contributed by atoms with van der Waals surface area (Å²) >= 11 is 0. The minimum Gasteiger partial charge on any atom is -0.449 e. The second-order valence-corrected chi connectivity index (χ2v) is 10.0. The Bertz CT molecular complexity index is 933. The van der Waals surface area contributed by atoms with E-state index in [2.05, 4.69) is 5.32 Å². The number of alkyl halides is 3. The molecule has 1 saturated carbocycles. The van der Waals surface area contributed by atoms with Crippen LogP contribution >= 0.6 is 0 Å². The number of halogens is 3. The lowest BCUT2D eigenvalue weighted by Crippen LogP contribution is -2.50. The predicted molar refractivity (Wildman–Crippen MR) is 125 cm³/mol. The van der Waals surface area contributed by atoms with E-state index < -0.39 is 23.2 Å². The molecular weight excluding hydrogens is 463 g/mol. The van der Waals surface area contributed by atoms with E-state index in [-0.39, 0.29) is 42.6 Å². The van der Waals surface area contributed by atoms with Crippen molar-refractivity contribution in [3.05, 3.63) is 23.8 Å². The first kappa shape index (κ1) is 25.6. The van der Waals surface area contributed by atoms with Crippen LogP contribution in [0.2, 0.25) is 0 Å². The van der Waals surface area contributed by atoms with Gasteiger partial charge in [-0.1, -0.05) is 6.92 Å². The van der Waals surface area contributed by atoms with E-state index in [9.17, 15) is 27.9 Å². The molecule has 2 aliphatic heterocycles. The number of aliphatic hydroxyl groups is 1. The van der Waals surface area contributed by atoms with Crippen molar-refractivity contribution in [3.8, 4) is 0 Å². The van der Waals surface area contributed by atoms with E-state index in [1.54, 1.807) is 4.90 Å². The second-order valence-electron chi connectivity index (χ2n) is 10.0. The van der Waals surface area contributed by atoms with Crippen LogP contribution < -0.4 is 10.2 Å². The van der Waals surface area contributed by atoms with E-state index in [0.717, 1.165) is 18.9 Å². The van der Waals surface area contributed by atoms with E-state index in [4.69, 9.17) is 4.74 Å². The van der Waals surface area contributed by atoms with Gasteiger partial charge in [-0.15, -0.1) is 0 Å². The highest BCUT2D eigenvalue weighted by molar-refractivity contribution is 5.87. The van der Waals surface area contributed by atoms with Crippen molar-refractivity contribution in [1.82, 2.24) is 4.90 Å². The molecule has 2 saturated heterocycles. The monoisotopic (exact) mass is 497 g/mol. The third kappa shape index (κ3) is 5.52. The lowest BCUT2D eigenvalue weighted by atomic mass is 9.78. The van der Waals surface area contributed by atoms with E-state index >= 15 is 0 Å². The summed E-state index contributed by atoms with van der Waals surface area (Å²) in [6, 6.07) is 3.84. The first-order valence-electron chi connectivity index (χ1n) is 12.5. The van der Waals surface area contributed by atoms with Crippen LogP contribution in [0.25, 0.3) is 0 Å². The van der Waals surface area contributed by atoms with Crippen LogP contribution in [0.3, 0.4) is 0 Å². The number of nitrogens with one attached hydrogen (secondary N) is 1. The number of hydrogen-bond donors (Lipinski definition) is 2. The molecule has 35 heavy (non-hydrogen) atoms. The standard InChI is InChI=1S/C25H34F3N3O4/c1-2-14-35-23(34)29-17-4-9-21(20(15-17)25(26,27)28)30-12-3-10-24(16-30)11-13-31(22(24)33)18-5-7-19(32)8-6-18/h4,9,15,18-19,32H,2-3,5-8,10-14,16H2,1H3,(H,29,34)/t18?,19?,24-/m1/s1. The summed E-state index contributed by atoms with van der Waals surface area (Å²) < 4.78 is 47.0. The predicted octanol–water partition coefficient (Wildman–Crippen LogP) is 4.79. The minimum absolute atomic E-state index is 0.0107. The molecule has 0 radical (unpaired) electrons. The third-order valence-corrected chi connectivity index (χ3v) is 7.56. The van der Waals surface area contributed by atoms with Gasteiger partial charge in [0.2, 0.25) is 5.91 Å². The number of likely N-dealkylation sites (tertiary alicyclic amines) is 1. The molecule has 0 unspecified atom stereocenters. The molecule has 7 nitrogen and oxygen atoms in total. The number of carbonyl (C=O) groups is 2. The summed E-state index contributed by atoms with van der Waals surface area (Å²) in [6.07, 6.45) is -0.321. The quantitative estimate of drug-likeness (QED) is 0.612. The Kier molecular flexibility index (Phi) is 7.49. The molecule has 1 aromatic rings. The van der Waals surface area contributed by atoms with Crippen molar-refractivity contribution in [1.29, 1.82) is 0 Å². The largest absolute Gasteiger partial charge is 0.449 e. The third-order valence-electron chi connectivity index (χ3n) is 7.56. The van der Waals surface area contributed by atoms with Gasteiger partial charge in [0.25, 0.3) is 0 Å². The summed E-state index contributed by atoms with van der Waals surface area (Å²) in [4.78, 5) is 28.9. The molecule has 1 aliphatic carbocycles. The van der Waals surface area contributed by atoms with Crippen LogP contribution in [0.15, 0.2) is 18.2 Å². The maximum absolute atomic E-state index is 14.0. The van der Waals surface area contributed by atoms with Crippen LogP contribution in [0.5, 0.6) is 0 Å². The number of nitrogens with zero attached hydrogens (tertiary/aromatic N) is 2. The molecule has 0 bridgehead atoms. The Morgan fingerprint density at radius 3 is 2.63 bits per heavy atom. The summed E-state index contributed by atoms with van der Waals surface area (Å²) in [6.45, 7) is 3.29. The molecule has 10 heteroatoms. The van der Waals surface area contributed by atoms with Crippen molar-refractivity contribution in [2.45, 2.75) is 76.6 Å². The Morgan fingerprint density at radius 1 is 1.20 bits per heavy atom. The lowest BCUT2D eigenvalue weighted by Gasteiger charge is -2.42. The molecule has 1 spiro atoms. The number of piperidine rings is 1. The van der Waals surface area contributed by atoms with Crippen molar-refractivity contribution in [2.24, 2.45) is 5.41 Å². The molecule has 1 atom stereocenters. The van der Waals surface area contributed by atoms with Crippen LogP contribution in [0.1, 0.15) is 63.9 Å². The number of aliphatic hydroxyl groups excluding tert-OH is 1. The molecule has 1 aromatic carbocycles. The fourth-order valence-electron chi connectivity index (χ4n) is 5.75. The zero-order valence-electron chi connectivity index (χ0n) is 20.1. The van der Waals surface area contributed by atoms with Crippen LogP contribution in [-0.4, -0.2) is 60.4 Å². The number of ether oxygens (including phenoxy) is 1. The summed E-state index contributed by atoms with van der Waals surface area (Å²) in [5.74, 6) is 0.0362. The highest BCUT2D eigenvalue weighted by Gasteiger charge is 2.51. The first-order valence-corrected chi connectivity index (χ1v) is 12.5. The molecule has 2 N–H and O–H groups in total. The number of rotatable bonds is 5. The van der Waals surface area contributed by atoms with Crippen LogP contribution in [0.4, 0.5) is 29.3 Å². The Labute approximate surface area is 203 Å². The van der Waals surface area contributed by atoms with E-state index in [1.807, 2.05) is 11.8 Å². The van der Waals surface area contributed by atoms with Gasteiger partial charge in [-0.25, -0.2) is 4.79 Å². The van der Waals surface area contributed by atoms with Gasteiger partial charge < -0.3 is 19.6 Å². The van der Waals surface area contributed by atoms with Gasteiger partial charge >= 0.3 is 12.3 Å². The van der Waals surface area contributed by atoms with Crippen LogP contribution in [0, 0.1) is 5.41 Å². The normalized spacial score (nSPS) is 27.4. The topological polar surface area (TPSA) is 82.1 Å². The Balaban J connectivity index is 1.53. The van der Waals surface area contributed by atoms with Crippen molar-refractivity contribution in [2.75, 3.05) is 36.5 Å². The molecule has 3 aliphatic rings. The number of benzene rings is 1. The fourth-order valence-corrected chi connectivity index (χ4v) is 5.75. The number of carbonyl (C=O) groups excluding carboxylic acids is 2. The average Bonchev–Trinajstić information content (AvgIpc) is 3.12. The van der Waals surface area contributed by atoms with Gasteiger partial charge in [0.05, 0.1) is 23.7 Å². The molecule has 4 rings (SSSR count). The Morgan fingerprint density at radius 2 is 1.94 bits per heavy atom. The van der Waals surface area contributed by atoms with Gasteiger partial charge in [0.1, 0.15) is 0 Å². The van der Waals surface area contributed by atoms with Crippen molar-refractivity contribution >= 4 is 23.4 Å². The van der Waals surface area contributed by atoms with Gasteiger partial charge in [0, 0.05) is 37.1 Å². The maximum atomic E-state index is 14.0. The van der Waals surface area contributed by atoms with Gasteiger partial charge in [0.15, 0.2) is 0 Å². The Hall–Kier alpha value is -2.49. The number of amides is 2. The summed E-state index contributed by atoms with van der Waals surface area (Å²) in [5.41, 5.74) is -1.49. The van der Waals surface area contributed by atoms with Gasteiger partial charge in [-0.2, -0.15) is 13.2 Å². The summed E-state index contributed by atoms with van der Waals surface area (Å²) in [7, 11) is 0. The zero-order chi connectivity index (χ0) is 25.2. The molecule has 2 heterocycles. The van der Waals surface area contributed by atoms with E-state index in [0.29, 0.717) is 51.6 Å². The number of hydrogen-bond acceptors (Lipinski definition) is 5. The first-order chi connectivity index (χ1) is 16.6. The summed E-state index contributed by atoms with van der Waals surface area (Å²) in [5, 5.41) is 12.2. The number of anilines is 2. The SMILES string of the molecule is CCCOC(=O)Nc1ccc(N2CCC[C@@]3(CCN(C4CCC(O)CC4)C3=O)C2)c(C(F)(F)F)c1. The molecule has 0 aromatic heterocycles. The van der Waals surface area contributed by atoms with Crippen molar-refractivity contribution < 1.29 is 32.6 Å². The molecule has 194 valence electrons. The molecular formula is C25H34F3N3O4. The van der Waals surface area contributed by atoms with Crippen molar-refractivity contribution in [3.63, 3.8) is 0 Å². The van der Waals surface area contributed by atoms with Crippen LogP contribution in [-0.2, 0) is 15.7 Å². The van der Waals surface area contributed by atoms with Gasteiger partial charge in [-0.3, -0.25) is 10.1 Å². The highest BCUT2D eigenvalue weighted by Crippen LogP contribution is 2.46. The molecule has 2 amide bonds. The maximum Gasteiger partial charge on any atom is 0.418 e. The zero-order valence-corrected chi connectivity index (χ0v) is 20.1. The fraction of sp³-hybridized carbons (Fsp3) is 0.680.